The zero-order valence-corrected chi connectivity index (χ0v) is 15.5. The van der Waals surface area contributed by atoms with E-state index in [1.54, 1.807) is 23.9 Å². The quantitative estimate of drug-likeness (QED) is 0.593. The summed E-state index contributed by atoms with van der Waals surface area (Å²) in [4.78, 5) is 3.36. The summed E-state index contributed by atoms with van der Waals surface area (Å²) in [7, 11) is 0. The van der Waals surface area contributed by atoms with E-state index < -0.39 is 6.36 Å². The monoisotopic (exact) mass is 399 g/mol. The van der Waals surface area contributed by atoms with Crippen LogP contribution >= 0.6 is 11.8 Å². The van der Waals surface area contributed by atoms with E-state index in [1.165, 1.54) is 24.3 Å². The zero-order valence-electron chi connectivity index (χ0n) is 14.7. The van der Waals surface area contributed by atoms with Gasteiger partial charge in [-0.05, 0) is 74.3 Å². The molecule has 0 bridgehead atoms. The van der Waals surface area contributed by atoms with E-state index in [4.69, 9.17) is 0 Å². The lowest BCUT2D eigenvalue weighted by Crippen LogP contribution is -2.36. The van der Waals surface area contributed by atoms with Crippen molar-refractivity contribution in [3.05, 3.63) is 59.9 Å². The lowest BCUT2D eigenvalue weighted by Gasteiger charge is -2.31. The highest BCUT2D eigenvalue weighted by Gasteiger charge is 2.31. The van der Waals surface area contributed by atoms with E-state index in [9.17, 15) is 17.6 Å². The topological polar surface area (TPSA) is 12.5 Å². The van der Waals surface area contributed by atoms with Gasteiger partial charge in [0, 0.05) is 16.7 Å². The molecule has 27 heavy (non-hydrogen) atoms. The van der Waals surface area contributed by atoms with Crippen molar-refractivity contribution in [3.63, 3.8) is 0 Å². The van der Waals surface area contributed by atoms with Crippen LogP contribution in [0.15, 0.2) is 53.4 Å². The molecule has 146 valence electrons. The van der Waals surface area contributed by atoms with Crippen molar-refractivity contribution in [2.24, 2.45) is 0 Å². The van der Waals surface area contributed by atoms with Crippen molar-refractivity contribution in [1.82, 2.24) is 4.90 Å². The average molecular weight is 399 g/mol. The number of piperidine rings is 1. The molecule has 1 heterocycles. The smallest absolute Gasteiger partial charge is 0.406 e. The minimum Gasteiger partial charge on any atom is -0.406 e. The molecule has 1 saturated heterocycles. The first kappa shape index (κ1) is 20.0. The van der Waals surface area contributed by atoms with Gasteiger partial charge in [-0.1, -0.05) is 12.1 Å². The van der Waals surface area contributed by atoms with Gasteiger partial charge in [0.2, 0.25) is 0 Å². The summed E-state index contributed by atoms with van der Waals surface area (Å²) in [5.41, 5.74) is 1.13. The number of hydrogen-bond donors (Lipinski definition) is 0. The summed E-state index contributed by atoms with van der Waals surface area (Å²) in [6.07, 6.45) is -1.68. The molecule has 1 aliphatic rings. The minimum atomic E-state index is -4.66. The highest BCUT2D eigenvalue weighted by Crippen LogP contribution is 2.32. The van der Waals surface area contributed by atoms with E-state index in [0.29, 0.717) is 5.25 Å². The maximum atomic E-state index is 12.9. The Morgan fingerprint density at radius 1 is 0.963 bits per heavy atom. The number of halogens is 4. The fourth-order valence-corrected chi connectivity index (χ4v) is 4.23. The number of rotatable bonds is 6. The summed E-state index contributed by atoms with van der Waals surface area (Å²) in [6.45, 7) is 2.94. The molecule has 2 aromatic carbocycles. The van der Waals surface area contributed by atoms with E-state index >= 15 is 0 Å². The third-order valence-electron chi connectivity index (χ3n) is 4.52. The van der Waals surface area contributed by atoms with Gasteiger partial charge in [0.05, 0.1) is 0 Å². The molecule has 0 N–H and O–H groups in total. The largest absolute Gasteiger partial charge is 0.573 e. The molecule has 1 aliphatic heterocycles. The number of ether oxygens (including phenoxy) is 1. The van der Waals surface area contributed by atoms with Crippen molar-refractivity contribution in [2.75, 3.05) is 19.6 Å². The minimum absolute atomic E-state index is 0.192. The van der Waals surface area contributed by atoms with Gasteiger partial charge in [-0.15, -0.1) is 24.9 Å². The SMILES string of the molecule is Fc1ccc(CCN2CCC(Sc3ccc(OC(F)(F)F)cc3)CC2)cc1. The van der Waals surface area contributed by atoms with Crippen LogP contribution in [0, 0.1) is 5.82 Å². The van der Waals surface area contributed by atoms with Crippen LogP contribution in [0.4, 0.5) is 17.6 Å². The van der Waals surface area contributed by atoms with Gasteiger partial charge in [0.25, 0.3) is 0 Å². The Balaban J connectivity index is 1.40. The Morgan fingerprint density at radius 3 is 2.19 bits per heavy atom. The number of alkyl halides is 3. The van der Waals surface area contributed by atoms with Gasteiger partial charge in [-0.2, -0.15) is 0 Å². The third kappa shape index (κ3) is 6.74. The van der Waals surface area contributed by atoms with Gasteiger partial charge < -0.3 is 9.64 Å². The number of hydrogen-bond acceptors (Lipinski definition) is 3. The van der Waals surface area contributed by atoms with E-state index in [-0.39, 0.29) is 11.6 Å². The summed E-state index contributed by atoms with van der Waals surface area (Å²) in [6, 6.07) is 12.7. The molecule has 0 amide bonds. The van der Waals surface area contributed by atoms with Gasteiger partial charge in [-0.25, -0.2) is 4.39 Å². The zero-order chi connectivity index (χ0) is 19.3. The molecule has 0 spiro atoms. The summed E-state index contributed by atoms with van der Waals surface area (Å²) in [5.74, 6) is -0.406. The first-order chi connectivity index (χ1) is 12.9. The second-order valence-corrected chi connectivity index (χ2v) is 7.93. The van der Waals surface area contributed by atoms with Crippen LogP contribution in [0.2, 0.25) is 0 Å². The Hall–Kier alpha value is -1.73. The molecule has 7 heteroatoms. The Bertz CT molecular complexity index is 710. The molecule has 2 aromatic rings. The molecule has 3 rings (SSSR count). The van der Waals surface area contributed by atoms with Crippen LogP contribution in [0.3, 0.4) is 0 Å². The molecular formula is C20H21F4NOS. The molecule has 1 fully saturated rings. The molecule has 0 radical (unpaired) electrons. The van der Waals surface area contributed by atoms with Gasteiger partial charge in [0.1, 0.15) is 11.6 Å². The molecule has 0 saturated carbocycles. The summed E-state index contributed by atoms with van der Waals surface area (Å²) < 4.78 is 53.4. The van der Waals surface area contributed by atoms with E-state index in [2.05, 4.69) is 9.64 Å². The lowest BCUT2D eigenvalue weighted by molar-refractivity contribution is -0.274. The van der Waals surface area contributed by atoms with Crippen molar-refractivity contribution in [3.8, 4) is 5.75 Å². The highest BCUT2D eigenvalue weighted by atomic mass is 32.2. The fourth-order valence-electron chi connectivity index (χ4n) is 3.10. The number of likely N-dealkylation sites (tertiary alicyclic amines) is 1. The van der Waals surface area contributed by atoms with Crippen molar-refractivity contribution in [1.29, 1.82) is 0 Å². The van der Waals surface area contributed by atoms with Crippen molar-refractivity contribution in [2.45, 2.75) is 35.8 Å². The molecule has 0 aliphatic carbocycles. The predicted octanol–water partition coefficient (Wildman–Crippen LogP) is 5.52. The second kappa shape index (κ2) is 8.97. The second-order valence-electron chi connectivity index (χ2n) is 6.55. The molecular weight excluding hydrogens is 378 g/mol. The fraction of sp³-hybridized carbons (Fsp3) is 0.400. The van der Waals surface area contributed by atoms with Crippen LogP contribution < -0.4 is 4.74 Å². The van der Waals surface area contributed by atoms with Crippen LogP contribution in [-0.2, 0) is 6.42 Å². The lowest BCUT2D eigenvalue weighted by atomic mass is 10.1. The summed E-state index contributed by atoms with van der Waals surface area (Å²) >= 11 is 1.70. The molecule has 0 unspecified atom stereocenters. The Labute approximate surface area is 160 Å². The summed E-state index contributed by atoms with van der Waals surface area (Å²) in [5, 5.41) is 0.460. The Kier molecular flexibility index (Phi) is 6.65. The normalized spacial score (nSPS) is 16.4. The number of benzene rings is 2. The van der Waals surface area contributed by atoms with Crippen LogP contribution in [0.1, 0.15) is 18.4 Å². The average Bonchev–Trinajstić information content (AvgIpc) is 2.63. The van der Waals surface area contributed by atoms with E-state index in [0.717, 1.165) is 49.4 Å². The molecule has 2 nitrogen and oxygen atoms in total. The van der Waals surface area contributed by atoms with Crippen molar-refractivity contribution >= 4 is 11.8 Å². The molecule has 0 atom stereocenters. The van der Waals surface area contributed by atoms with Crippen LogP contribution in [-0.4, -0.2) is 36.1 Å². The first-order valence-corrected chi connectivity index (χ1v) is 9.75. The third-order valence-corrected chi connectivity index (χ3v) is 5.87. The Morgan fingerprint density at radius 2 is 1.59 bits per heavy atom. The van der Waals surface area contributed by atoms with Crippen molar-refractivity contribution < 1.29 is 22.3 Å². The molecule has 0 aromatic heterocycles. The number of nitrogens with zero attached hydrogens (tertiary/aromatic N) is 1. The van der Waals surface area contributed by atoms with Gasteiger partial charge in [-0.3, -0.25) is 0 Å². The maximum Gasteiger partial charge on any atom is 0.573 e. The first-order valence-electron chi connectivity index (χ1n) is 8.87. The maximum absolute atomic E-state index is 12.9. The van der Waals surface area contributed by atoms with E-state index in [1.807, 2.05) is 12.1 Å². The highest BCUT2D eigenvalue weighted by molar-refractivity contribution is 8.00. The van der Waals surface area contributed by atoms with Gasteiger partial charge >= 0.3 is 6.36 Å². The van der Waals surface area contributed by atoms with Gasteiger partial charge in [0.15, 0.2) is 0 Å². The van der Waals surface area contributed by atoms with Crippen LogP contribution in [0.25, 0.3) is 0 Å². The standard InChI is InChI=1S/C20H21F4NOS/c21-16-3-1-15(2-4-16)9-12-25-13-10-19(11-14-25)27-18-7-5-17(6-8-18)26-20(22,23)24/h1-8,19H,9-14H2. The number of thioether (sulfide) groups is 1. The predicted molar refractivity (Wildman–Crippen MR) is 98.5 cm³/mol. The van der Waals surface area contributed by atoms with Crippen LogP contribution in [0.5, 0.6) is 5.75 Å².